The molecule has 2 nitrogen and oxygen atoms in total. The Morgan fingerprint density at radius 2 is 1.75 bits per heavy atom. The minimum atomic E-state index is -4.28. The van der Waals surface area contributed by atoms with Crippen LogP contribution in [0.5, 0.6) is 0 Å². The van der Waals surface area contributed by atoms with Crippen LogP contribution in [0.15, 0.2) is 24.3 Å². The monoisotopic (exact) mass is 289 g/mol. The molecule has 0 saturated carbocycles. The maximum Gasteiger partial charge on any atom is 0.416 e. The number of benzene rings is 1. The quantitative estimate of drug-likeness (QED) is 0.725. The predicted octanol–water partition coefficient (Wildman–Crippen LogP) is 4.17. The van der Waals surface area contributed by atoms with Crippen molar-refractivity contribution in [2.24, 2.45) is 0 Å². The molecule has 0 spiro atoms. The Bertz CT molecular complexity index is 376. The third-order valence-corrected chi connectivity index (χ3v) is 2.99. The van der Waals surface area contributed by atoms with Gasteiger partial charge in [-0.2, -0.15) is 13.2 Å². The highest BCUT2D eigenvalue weighted by molar-refractivity contribution is 5.26. The van der Waals surface area contributed by atoms with Crippen molar-refractivity contribution in [2.75, 3.05) is 19.8 Å². The number of nitrogens with one attached hydrogen (secondary N) is 1. The van der Waals surface area contributed by atoms with Gasteiger partial charge in [0.25, 0.3) is 0 Å². The fourth-order valence-corrected chi connectivity index (χ4v) is 1.98. The van der Waals surface area contributed by atoms with Crippen molar-refractivity contribution < 1.29 is 17.9 Å². The normalized spacial score (nSPS) is 13.4. The molecule has 0 bridgehead atoms. The van der Waals surface area contributed by atoms with Crippen LogP contribution in [-0.2, 0) is 10.9 Å². The molecule has 0 aliphatic heterocycles. The van der Waals surface area contributed by atoms with Crippen LogP contribution < -0.4 is 5.32 Å². The molecule has 0 aliphatic rings. The summed E-state index contributed by atoms with van der Waals surface area (Å²) in [5.41, 5.74) is 0.249. The molecule has 0 fully saturated rings. The largest absolute Gasteiger partial charge is 0.416 e. The fraction of sp³-hybridized carbons (Fsp3) is 0.600. The van der Waals surface area contributed by atoms with Crippen molar-refractivity contribution in [3.05, 3.63) is 35.4 Å². The smallest absolute Gasteiger partial charge is 0.381 e. The van der Waals surface area contributed by atoms with Gasteiger partial charge in [-0.3, -0.25) is 0 Å². The Kier molecular flexibility index (Phi) is 7.02. The summed E-state index contributed by atoms with van der Waals surface area (Å²) >= 11 is 0. The van der Waals surface area contributed by atoms with E-state index < -0.39 is 11.7 Å². The lowest BCUT2D eigenvalue weighted by atomic mass is 10.0. The fourth-order valence-electron chi connectivity index (χ4n) is 1.98. The molecule has 1 rings (SSSR count). The predicted molar refractivity (Wildman–Crippen MR) is 73.6 cm³/mol. The Balaban J connectivity index is 2.66. The van der Waals surface area contributed by atoms with Crippen LogP contribution in [0.25, 0.3) is 0 Å². The van der Waals surface area contributed by atoms with Crippen molar-refractivity contribution in [1.82, 2.24) is 5.32 Å². The summed E-state index contributed by atoms with van der Waals surface area (Å²) < 4.78 is 43.0. The van der Waals surface area contributed by atoms with Crippen LogP contribution in [-0.4, -0.2) is 19.8 Å². The van der Waals surface area contributed by atoms with Gasteiger partial charge in [-0.25, -0.2) is 0 Å². The van der Waals surface area contributed by atoms with E-state index in [0.717, 1.165) is 37.1 Å². The zero-order chi connectivity index (χ0) is 15.0. The molecular weight excluding hydrogens is 267 g/mol. The van der Waals surface area contributed by atoms with Gasteiger partial charge in [0.1, 0.15) is 0 Å². The maximum atomic E-state index is 12.5. The first-order valence-corrected chi connectivity index (χ1v) is 6.97. The molecule has 0 amide bonds. The van der Waals surface area contributed by atoms with Crippen molar-refractivity contribution in [2.45, 2.75) is 38.9 Å². The van der Waals surface area contributed by atoms with E-state index in [1.54, 1.807) is 0 Å². The zero-order valence-electron chi connectivity index (χ0n) is 12.0. The van der Waals surface area contributed by atoms with Crippen molar-refractivity contribution in [1.29, 1.82) is 0 Å². The highest BCUT2D eigenvalue weighted by atomic mass is 19.4. The van der Waals surface area contributed by atoms with Gasteiger partial charge in [-0.1, -0.05) is 26.0 Å². The number of hydrogen-bond donors (Lipinski definition) is 1. The van der Waals surface area contributed by atoms with E-state index in [-0.39, 0.29) is 6.04 Å². The molecule has 5 heteroatoms. The number of ether oxygens (including phenoxy) is 1. The van der Waals surface area contributed by atoms with Crippen LogP contribution in [0.4, 0.5) is 13.2 Å². The van der Waals surface area contributed by atoms with Crippen LogP contribution in [0.2, 0.25) is 0 Å². The number of hydrogen-bond acceptors (Lipinski definition) is 2. The third kappa shape index (κ3) is 5.51. The van der Waals surface area contributed by atoms with E-state index in [1.807, 2.05) is 13.8 Å². The second-order valence-electron chi connectivity index (χ2n) is 4.63. The summed E-state index contributed by atoms with van der Waals surface area (Å²) in [7, 11) is 0. The Morgan fingerprint density at radius 1 is 1.10 bits per heavy atom. The SMILES string of the molecule is CCCOCCC(NCC)c1ccc(C(F)(F)F)cc1. The van der Waals surface area contributed by atoms with Gasteiger partial charge in [0.15, 0.2) is 0 Å². The Hall–Kier alpha value is -1.07. The lowest BCUT2D eigenvalue weighted by Gasteiger charge is -2.19. The molecule has 1 atom stereocenters. The van der Waals surface area contributed by atoms with Crippen LogP contribution in [0, 0.1) is 0 Å². The summed E-state index contributed by atoms with van der Waals surface area (Å²) in [5, 5.41) is 3.27. The van der Waals surface area contributed by atoms with E-state index in [9.17, 15) is 13.2 Å². The molecule has 0 heterocycles. The van der Waals surface area contributed by atoms with E-state index >= 15 is 0 Å². The summed E-state index contributed by atoms with van der Waals surface area (Å²) in [5.74, 6) is 0. The van der Waals surface area contributed by atoms with Gasteiger partial charge in [-0.15, -0.1) is 0 Å². The van der Waals surface area contributed by atoms with Crippen LogP contribution in [0.3, 0.4) is 0 Å². The zero-order valence-corrected chi connectivity index (χ0v) is 12.0. The molecule has 114 valence electrons. The van der Waals surface area contributed by atoms with Crippen molar-refractivity contribution in [3.8, 4) is 0 Å². The number of rotatable bonds is 8. The Morgan fingerprint density at radius 3 is 2.25 bits per heavy atom. The second kappa shape index (κ2) is 8.27. The lowest BCUT2D eigenvalue weighted by Crippen LogP contribution is -2.22. The number of alkyl halides is 3. The number of halogens is 3. The van der Waals surface area contributed by atoms with Gasteiger partial charge < -0.3 is 10.1 Å². The minimum absolute atomic E-state index is 0.0270. The van der Waals surface area contributed by atoms with E-state index in [4.69, 9.17) is 4.74 Å². The minimum Gasteiger partial charge on any atom is -0.381 e. The van der Waals surface area contributed by atoms with Gasteiger partial charge in [-0.05, 0) is 37.1 Å². The topological polar surface area (TPSA) is 21.3 Å². The molecule has 1 unspecified atom stereocenters. The average molecular weight is 289 g/mol. The first-order valence-electron chi connectivity index (χ1n) is 6.97. The molecule has 1 aromatic carbocycles. The Labute approximate surface area is 118 Å². The summed E-state index contributed by atoms with van der Waals surface area (Å²) in [6.07, 6.45) is -2.57. The molecule has 1 N–H and O–H groups in total. The lowest BCUT2D eigenvalue weighted by molar-refractivity contribution is -0.137. The highest BCUT2D eigenvalue weighted by Crippen LogP contribution is 2.30. The third-order valence-electron chi connectivity index (χ3n) is 2.99. The van der Waals surface area contributed by atoms with Gasteiger partial charge in [0.2, 0.25) is 0 Å². The first kappa shape index (κ1) is 17.0. The van der Waals surface area contributed by atoms with Gasteiger partial charge in [0, 0.05) is 19.3 Å². The standard InChI is InChI=1S/C15H22F3NO/c1-3-10-20-11-9-14(19-4-2)12-5-7-13(8-6-12)15(16,17)18/h5-8,14,19H,3-4,9-11H2,1-2H3. The first-order chi connectivity index (χ1) is 9.49. The summed E-state index contributed by atoms with van der Waals surface area (Å²) in [6.45, 7) is 6.10. The molecule has 0 aliphatic carbocycles. The van der Waals surface area contributed by atoms with E-state index in [0.29, 0.717) is 13.2 Å². The maximum absolute atomic E-state index is 12.5. The second-order valence-corrected chi connectivity index (χ2v) is 4.63. The van der Waals surface area contributed by atoms with Crippen molar-refractivity contribution >= 4 is 0 Å². The molecule has 20 heavy (non-hydrogen) atoms. The van der Waals surface area contributed by atoms with Crippen molar-refractivity contribution in [3.63, 3.8) is 0 Å². The van der Waals surface area contributed by atoms with Gasteiger partial charge in [0.05, 0.1) is 5.56 Å². The van der Waals surface area contributed by atoms with E-state index in [2.05, 4.69) is 5.32 Å². The molecule has 0 aromatic heterocycles. The molecule has 0 radical (unpaired) electrons. The highest BCUT2D eigenvalue weighted by Gasteiger charge is 2.30. The average Bonchev–Trinajstić information content (AvgIpc) is 2.41. The van der Waals surface area contributed by atoms with Crippen LogP contribution in [0.1, 0.15) is 43.9 Å². The van der Waals surface area contributed by atoms with Crippen LogP contribution >= 0.6 is 0 Å². The molecule has 1 aromatic rings. The summed E-state index contributed by atoms with van der Waals surface area (Å²) in [4.78, 5) is 0. The molecular formula is C15H22F3NO. The molecule has 0 saturated heterocycles. The van der Waals surface area contributed by atoms with Gasteiger partial charge >= 0.3 is 6.18 Å². The van der Waals surface area contributed by atoms with E-state index in [1.165, 1.54) is 12.1 Å². The summed E-state index contributed by atoms with van der Waals surface area (Å²) in [6, 6.07) is 5.37.